The van der Waals surface area contributed by atoms with Gasteiger partial charge in [-0.2, -0.15) is 0 Å². The van der Waals surface area contributed by atoms with E-state index in [1.807, 2.05) is 59.3 Å². The number of carbonyl (C=O) groups is 1. The number of thioether (sulfide) groups is 1. The van der Waals surface area contributed by atoms with Gasteiger partial charge < -0.3 is 14.8 Å². The molecule has 0 bridgehead atoms. The van der Waals surface area contributed by atoms with Gasteiger partial charge in [-0.05, 0) is 42.6 Å². The van der Waals surface area contributed by atoms with Crippen molar-refractivity contribution in [3.05, 3.63) is 66.0 Å². The number of hydrogen-bond acceptors (Lipinski definition) is 7. The molecule has 1 N–H and O–H groups in total. The Labute approximate surface area is 187 Å². The molecule has 0 fully saturated rings. The van der Waals surface area contributed by atoms with Gasteiger partial charge in [0, 0.05) is 17.4 Å². The number of para-hydroxylation sites is 1. The molecular weight excluding hydrogens is 432 g/mol. The van der Waals surface area contributed by atoms with E-state index in [0.29, 0.717) is 22.3 Å². The van der Waals surface area contributed by atoms with Crippen molar-refractivity contribution in [1.29, 1.82) is 0 Å². The maximum absolute atomic E-state index is 12.8. The van der Waals surface area contributed by atoms with Crippen molar-refractivity contribution >= 4 is 34.7 Å². The summed E-state index contributed by atoms with van der Waals surface area (Å²) in [5, 5.41) is 14.0. The number of nitrogens with one attached hydrogen (secondary N) is 1. The number of ether oxygens (including phenoxy) is 2. The standard InChI is InChI=1S/C22H18N4O3S2/c1-14(21(27)23-15-9-10-17-18(12-15)29-13-28-17)31-22-25-24-20(19-8-5-11-30-19)26(22)16-6-3-2-4-7-16/h2-12,14H,13H2,1H3,(H,23,27). The van der Waals surface area contributed by atoms with Gasteiger partial charge in [-0.15, -0.1) is 21.5 Å². The third-order valence-corrected chi connectivity index (χ3v) is 6.59. The van der Waals surface area contributed by atoms with Crippen LogP contribution < -0.4 is 14.8 Å². The Bertz CT molecular complexity index is 1210. The second-order valence-corrected chi connectivity index (χ2v) is 9.03. The van der Waals surface area contributed by atoms with E-state index >= 15 is 0 Å². The zero-order valence-corrected chi connectivity index (χ0v) is 18.2. The van der Waals surface area contributed by atoms with Gasteiger partial charge in [0.25, 0.3) is 0 Å². The van der Waals surface area contributed by atoms with Crippen LogP contribution in [0.5, 0.6) is 11.5 Å². The molecule has 2 aromatic carbocycles. The van der Waals surface area contributed by atoms with Crippen molar-refractivity contribution < 1.29 is 14.3 Å². The highest BCUT2D eigenvalue weighted by molar-refractivity contribution is 8.00. The number of hydrogen-bond donors (Lipinski definition) is 1. The molecule has 2 aromatic heterocycles. The average Bonchev–Trinajstić information content (AvgIpc) is 3.54. The summed E-state index contributed by atoms with van der Waals surface area (Å²) in [5.74, 6) is 1.93. The van der Waals surface area contributed by atoms with Crippen LogP contribution >= 0.6 is 23.1 Å². The van der Waals surface area contributed by atoms with Crippen LogP contribution in [0.2, 0.25) is 0 Å². The largest absolute Gasteiger partial charge is 0.454 e. The van der Waals surface area contributed by atoms with Crippen LogP contribution in [0.15, 0.2) is 71.2 Å². The van der Waals surface area contributed by atoms with Crippen LogP contribution in [-0.4, -0.2) is 32.7 Å². The number of nitrogens with zero attached hydrogens (tertiary/aromatic N) is 3. The number of thiophene rings is 1. The summed E-state index contributed by atoms with van der Waals surface area (Å²) in [5.41, 5.74) is 1.60. The van der Waals surface area contributed by atoms with Crippen LogP contribution in [-0.2, 0) is 4.79 Å². The first-order valence-corrected chi connectivity index (χ1v) is 11.4. The molecule has 1 unspecified atom stereocenters. The van der Waals surface area contributed by atoms with E-state index in [2.05, 4.69) is 15.5 Å². The van der Waals surface area contributed by atoms with E-state index in [9.17, 15) is 4.79 Å². The first-order chi connectivity index (χ1) is 15.2. The van der Waals surface area contributed by atoms with Crippen molar-refractivity contribution in [2.24, 2.45) is 0 Å². The normalized spacial score (nSPS) is 13.2. The van der Waals surface area contributed by atoms with E-state index < -0.39 is 5.25 Å². The summed E-state index contributed by atoms with van der Waals surface area (Å²) in [6.07, 6.45) is 0. The molecule has 7 nitrogen and oxygen atoms in total. The highest BCUT2D eigenvalue weighted by atomic mass is 32.2. The van der Waals surface area contributed by atoms with Gasteiger partial charge in [-0.1, -0.05) is 36.0 Å². The SMILES string of the molecule is CC(Sc1nnc(-c2cccs2)n1-c1ccccc1)C(=O)Nc1ccc2c(c1)OCO2. The molecule has 0 spiro atoms. The molecular formula is C22H18N4O3S2. The minimum Gasteiger partial charge on any atom is -0.454 e. The number of aromatic nitrogens is 3. The smallest absolute Gasteiger partial charge is 0.237 e. The molecule has 4 aromatic rings. The molecule has 31 heavy (non-hydrogen) atoms. The third kappa shape index (κ3) is 4.01. The average molecular weight is 451 g/mol. The molecule has 1 aliphatic rings. The van der Waals surface area contributed by atoms with Crippen molar-refractivity contribution in [1.82, 2.24) is 14.8 Å². The Morgan fingerprint density at radius 2 is 1.94 bits per heavy atom. The van der Waals surface area contributed by atoms with Crippen molar-refractivity contribution in [3.8, 4) is 27.9 Å². The van der Waals surface area contributed by atoms with Gasteiger partial charge in [0.1, 0.15) is 0 Å². The van der Waals surface area contributed by atoms with Crippen LogP contribution in [0, 0.1) is 0 Å². The number of carbonyl (C=O) groups excluding carboxylic acids is 1. The molecule has 0 saturated heterocycles. The molecule has 1 atom stereocenters. The Morgan fingerprint density at radius 3 is 2.74 bits per heavy atom. The summed E-state index contributed by atoms with van der Waals surface area (Å²) in [6.45, 7) is 2.04. The van der Waals surface area contributed by atoms with Crippen LogP contribution in [0.4, 0.5) is 5.69 Å². The lowest BCUT2D eigenvalue weighted by Gasteiger charge is -2.14. The van der Waals surface area contributed by atoms with Crippen molar-refractivity contribution in [2.75, 3.05) is 12.1 Å². The van der Waals surface area contributed by atoms with Gasteiger partial charge in [0.2, 0.25) is 12.7 Å². The number of rotatable bonds is 6. The summed E-state index contributed by atoms with van der Waals surface area (Å²) >= 11 is 2.96. The van der Waals surface area contributed by atoms with Crippen molar-refractivity contribution in [3.63, 3.8) is 0 Å². The van der Waals surface area contributed by atoms with Crippen LogP contribution in [0.3, 0.4) is 0 Å². The van der Waals surface area contributed by atoms with Crippen LogP contribution in [0.1, 0.15) is 6.92 Å². The van der Waals surface area contributed by atoms with E-state index in [0.717, 1.165) is 16.4 Å². The first kappa shape index (κ1) is 19.7. The van der Waals surface area contributed by atoms with E-state index in [1.54, 1.807) is 29.5 Å². The van der Waals surface area contributed by atoms with E-state index in [1.165, 1.54) is 11.8 Å². The lowest BCUT2D eigenvalue weighted by atomic mass is 10.2. The Hall–Kier alpha value is -3.30. The quantitative estimate of drug-likeness (QED) is 0.424. The number of amides is 1. The Morgan fingerprint density at radius 1 is 1.10 bits per heavy atom. The minimum absolute atomic E-state index is 0.135. The molecule has 1 amide bonds. The number of benzene rings is 2. The molecule has 9 heteroatoms. The summed E-state index contributed by atoms with van der Waals surface area (Å²) in [7, 11) is 0. The fourth-order valence-corrected chi connectivity index (χ4v) is 4.72. The Kier molecular flexibility index (Phi) is 5.35. The Balaban J connectivity index is 1.38. The predicted molar refractivity (Wildman–Crippen MR) is 121 cm³/mol. The van der Waals surface area contributed by atoms with Gasteiger partial charge in [-0.25, -0.2) is 0 Å². The summed E-state index contributed by atoms with van der Waals surface area (Å²) < 4.78 is 12.7. The van der Waals surface area contributed by atoms with Gasteiger partial charge in [0.05, 0.1) is 10.1 Å². The molecule has 0 saturated carbocycles. The zero-order valence-electron chi connectivity index (χ0n) is 16.5. The van der Waals surface area contributed by atoms with Gasteiger partial charge in [-0.3, -0.25) is 9.36 Å². The van der Waals surface area contributed by atoms with Gasteiger partial charge >= 0.3 is 0 Å². The molecule has 3 heterocycles. The first-order valence-electron chi connectivity index (χ1n) is 9.61. The maximum atomic E-state index is 12.8. The molecule has 1 aliphatic heterocycles. The third-order valence-electron chi connectivity index (χ3n) is 4.68. The van der Waals surface area contributed by atoms with Crippen LogP contribution in [0.25, 0.3) is 16.4 Å². The minimum atomic E-state index is -0.395. The van der Waals surface area contributed by atoms with Gasteiger partial charge in [0.15, 0.2) is 22.5 Å². The highest BCUT2D eigenvalue weighted by Crippen LogP contribution is 2.35. The predicted octanol–water partition coefficient (Wildman–Crippen LogP) is 4.84. The second-order valence-electron chi connectivity index (χ2n) is 6.77. The maximum Gasteiger partial charge on any atom is 0.237 e. The number of anilines is 1. The lowest BCUT2D eigenvalue weighted by Crippen LogP contribution is -2.22. The summed E-state index contributed by atoms with van der Waals surface area (Å²) in [6, 6.07) is 19.3. The second kappa shape index (κ2) is 8.44. The molecule has 0 aliphatic carbocycles. The molecule has 156 valence electrons. The fourth-order valence-electron chi connectivity index (χ4n) is 3.15. The van der Waals surface area contributed by atoms with E-state index in [-0.39, 0.29) is 12.7 Å². The topological polar surface area (TPSA) is 78.3 Å². The molecule has 5 rings (SSSR count). The summed E-state index contributed by atoms with van der Waals surface area (Å²) in [4.78, 5) is 13.9. The fraction of sp³-hybridized carbons (Fsp3) is 0.136. The highest BCUT2D eigenvalue weighted by Gasteiger charge is 2.23. The van der Waals surface area contributed by atoms with Crippen molar-refractivity contribution in [2.45, 2.75) is 17.3 Å². The zero-order chi connectivity index (χ0) is 21.2. The number of fused-ring (bicyclic) bond motifs is 1. The monoisotopic (exact) mass is 450 g/mol. The lowest BCUT2D eigenvalue weighted by molar-refractivity contribution is -0.115. The van der Waals surface area contributed by atoms with E-state index in [4.69, 9.17) is 9.47 Å². The molecule has 0 radical (unpaired) electrons.